The molecule has 0 bridgehead atoms. The molecule has 5 nitrogen and oxygen atoms in total. The van der Waals surface area contributed by atoms with E-state index in [0.717, 1.165) is 30.4 Å². The highest BCUT2D eigenvalue weighted by Crippen LogP contribution is 2.38. The molecule has 0 aliphatic rings. The third-order valence-corrected chi connectivity index (χ3v) is 4.98. The van der Waals surface area contributed by atoms with Crippen molar-refractivity contribution in [2.75, 3.05) is 23.9 Å². The van der Waals surface area contributed by atoms with Crippen molar-refractivity contribution in [1.82, 2.24) is 0 Å². The molecular formula is C12H19N3O2S2. The van der Waals surface area contributed by atoms with Gasteiger partial charge in [-0.3, -0.25) is 0 Å². The number of rotatable bonds is 6. The van der Waals surface area contributed by atoms with Gasteiger partial charge in [-0.1, -0.05) is 13.8 Å². The predicted octanol–water partition coefficient (Wildman–Crippen LogP) is 2.45. The number of nitrogens with two attached hydrogens (primary N) is 1. The number of nitrogen functional groups attached to an aromatic ring is 1. The fourth-order valence-corrected chi connectivity index (χ4v) is 4.10. The molecule has 0 unspecified atom stereocenters. The zero-order valence-electron chi connectivity index (χ0n) is 11.4. The molecule has 0 aliphatic heterocycles. The van der Waals surface area contributed by atoms with E-state index in [1.165, 1.54) is 0 Å². The van der Waals surface area contributed by atoms with Crippen molar-refractivity contribution in [3.8, 4) is 6.07 Å². The topological polar surface area (TPSA) is 96.0 Å². The van der Waals surface area contributed by atoms with Crippen molar-refractivity contribution in [3.05, 3.63) is 4.88 Å². The van der Waals surface area contributed by atoms with Gasteiger partial charge in [-0.2, -0.15) is 5.26 Å². The Kier molecular flexibility index (Phi) is 5.20. The van der Waals surface area contributed by atoms with Gasteiger partial charge in [0.05, 0.1) is 5.69 Å². The Bertz CT molecular complexity index is 583. The summed E-state index contributed by atoms with van der Waals surface area (Å²) in [6, 6.07) is 1.93. The van der Waals surface area contributed by atoms with Crippen molar-refractivity contribution in [2.24, 2.45) is 5.92 Å². The van der Waals surface area contributed by atoms with Gasteiger partial charge in [-0.05, 0) is 18.8 Å². The molecule has 106 valence electrons. The van der Waals surface area contributed by atoms with E-state index in [9.17, 15) is 8.42 Å². The molecule has 0 aliphatic carbocycles. The van der Waals surface area contributed by atoms with Gasteiger partial charge in [-0.15, -0.1) is 11.3 Å². The average Bonchev–Trinajstić information content (AvgIpc) is 2.60. The zero-order valence-corrected chi connectivity index (χ0v) is 13.0. The maximum absolute atomic E-state index is 11.7. The first-order valence-corrected chi connectivity index (χ1v) is 8.74. The highest BCUT2D eigenvalue weighted by atomic mass is 32.2. The Balaban J connectivity index is 2.92. The molecule has 0 fully saturated rings. The molecule has 1 aromatic rings. The standard InChI is InChI=1S/C12H19N3O2S2/c1-8(2)5-4-6-15-12-11(19(3,16)17)10(14)9(7-13)18-12/h8,15H,4-6,14H2,1-3H3. The lowest BCUT2D eigenvalue weighted by molar-refractivity contribution is 0.567. The van der Waals surface area contributed by atoms with Crippen LogP contribution in [0.2, 0.25) is 0 Å². The maximum atomic E-state index is 11.7. The minimum absolute atomic E-state index is 0.0543. The number of nitrogens with one attached hydrogen (secondary N) is 1. The summed E-state index contributed by atoms with van der Waals surface area (Å²) in [4.78, 5) is 0.297. The summed E-state index contributed by atoms with van der Waals surface area (Å²) in [5.41, 5.74) is 5.78. The largest absolute Gasteiger partial charge is 0.396 e. The van der Waals surface area contributed by atoms with Crippen LogP contribution in [0.5, 0.6) is 0 Å². The average molecular weight is 301 g/mol. The van der Waals surface area contributed by atoms with Gasteiger partial charge in [0, 0.05) is 12.8 Å². The van der Waals surface area contributed by atoms with Crippen molar-refractivity contribution >= 4 is 31.9 Å². The smallest absolute Gasteiger partial charge is 0.180 e. The summed E-state index contributed by atoms with van der Waals surface area (Å²) in [6.07, 6.45) is 3.11. The monoisotopic (exact) mass is 301 g/mol. The van der Waals surface area contributed by atoms with E-state index in [1.807, 2.05) is 6.07 Å². The molecule has 0 saturated carbocycles. The van der Waals surface area contributed by atoms with Crippen LogP contribution in [0.4, 0.5) is 10.7 Å². The number of nitrogens with zero attached hydrogens (tertiary/aromatic N) is 1. The van der Waals surface area contributed by atoms with Crippen LogP contribution in [0, 0.1) is 17.2 Å². The van der Waals surface area contributed by atoms with Crippen LogP contribution in [-0.4, -0.2) is 21.2 Å². The predicted molar refractivity (Wildman–Crippen MR) is 79.1 cm³/mol. The number of sulfone groups is 1. The first-order valence-electron chi connectivity index (χ1n) is 6.03. The fourth-order valence-electron chi connectivity index (χ4n) is 1.71. The summed E-state index contributed by atoms with van der Waals surface area (Å²) >= 11 is 1.10. The van der Waals surface area contributed by atoms with Crippen LogP contribution in [0.25, 0.3) is 0 Å². The second kappa shape index (κ2) is 6.26. The van der Waals surface area contributed by atoms with E-state index >= 15 is 0 Å². The molecule has 19 heavy (non-hydrogen) atoms. The van der Waals surface area contributed by atoms with Gasteiger partial charge in [-0.25, -0.2) is 8.42 Å². The third kappa shape index (κ3) is 4.11. The van der Waals surface area contributed by atoms with Crippen molar-refractivity contribution < 1.29 is 8.42 Å². The Labute approximate surface area is 118 Å². The lowest BCUT2D eigenvalue weighted by Gasteiger charge is -2.08. The quantitative estimate of drug-likeness (QED) is 0.787. The Morgan fingerprint density at radius 3 is 2.58 bits per heavy atom. The number of nitriles is 1. The van der Waals surface area contributed by atoms with Gasteiger partial charge in [0.1, 0.15) is 20.8 Å². The molecule has 0 aromatic carbocycles. The van der Waals surface area contributed by atoms with Crippen molar-refractivity contribution in [3.63, 3.8) is 0 Å². The minimum Gasteiger partial charge on any atom is -0.396 e. The normalized spacial score (nSPS) is 11.5. The van der Waals surface area contributed by atoms with Crippen molar-refractivity contribution in [2.45, 2.75) is 31.6 Å². The second-order valence-corrected chi connectivity index (χ2v) is 7.82. The molecule has 1 heterocycles. The van der Waals surface area contributed by atoms with Gasteiger partial charge in [0.25, 0.3) is 0 Å². The van der Waals surface area contributed by atoms with E-state index in [0.29, 0.717) is 17.5 Å². The number of hydrogen-bond acceptors (Lipinski definition) is 6. The first kappa shape index (κ1) is 15.8. The molecule has 0 radical (unpaired) electrons. The van der Waals surface area contributed by atoms with Gasteiger partial charge in [0.15, 0.2) is 9.84 Å². The molecule has 0 spiro atoms. The molecule has 3 N–H and O–H groups in total. The highest BCUT2D eigenvalue weighted by Gasteiger charge is 2.23. The Morgan fingerprint density at radius 2 is 2.11 bits per heavy atom. The molecule has 1 aromatic heterocycles. The molecule has 0 amide bonds. The summed E-state index contributed by atoms with van der Waals surface area (Å²) in [7, 11) is -3.44. The second-order valence-electron chi connectivity index (χ2n) is 4.85. The Morgan fingerprint density at radius 1 is 1.47 bits per heavy atom. The number of anilines is 2. The maximum Gasteiger partial charge on any atom is 0.180 e. The van der Waals surface area contributed by atoms with Crippen LogP contribution in [-0.2, 0) is 9.84 Å². The van der Waals surface area contributed by atoms with Gasteiger partial charge >= 0.3 is 0 Å². The fraction of sp³-hybridized carbons (Fsp3) is 0.583. The van der Waals surface area contributed by atoms with Crippen LogP contribution < -0.4 is 11.1 Å². The van der Waals surface area contributed by atoms with E-state index in [-0.39, 0.29) is 15.5 Å². The van der Waals surface area contributed by atoms with E-state index in [2.05, 4.69) is 19.2 Å². The van der Waals surface area contributed by atoms with Crippen molar-refractivity contribution in [1.29, 1.82) is 5.26 Å². The summed E-state index contributed by atoms with van der Waals surface area (Å²) in [6.45, 7) is 4.95. The SMILES string of the molecule is CC(C)CCCNc1sc(C#N)c(N)c1S(C)(=O)=O. The summed E-state index contributed by atoms with van der Waals surface area (Å²) in [5.74, 6) is 0.610. The van der Waals surface area contributed by atoms with E-state index < -0.39 is 9.84 Å². The van der Waals surface area contributed by atoms with Gasteiger partial charge in [0.2, 0.25) is 0 Å². The lowest BCUT2D eigenvalue weighted by Crippen LogP contribution is -2.07. The van der Waals surface area contributed by atoms with E-state index in [4.69, 9.17) is 11.0 Å². The molecule has 1 rings (SSSR count). The Hall–Kier alpha value is -1.26. The molecule has 0 atom stereocenters. The summed E-state index contributed by atoms with van der Waals surface area (Å²) in [5, 5.41) is 12.5. The van der Waals surface area contributed by atoms with Crippen LogP contribution in [0.3, 0.4) is 0 Å². The van der Waals surface area contributed by atoms with E-state index in [1.54, 1.807) is 0 Å². The highest BCUT2D eigenvalue weighted by molar-refractivity contribution is 7.91. The molecule has 0 saturated heterocycles. The third-order valence-electron chi connectivity index (χ3n) is 2.62. The number of thiophene rings is 1. The lowest BCUT2D eigenvalue weighted by atomic mass is 10.1. The zero-order chi connectivity index (χ0) is 14.6. The molecule has 7 heteroatoms. The van der Waals surface area contributed by atoms with Gasteiger partial charge < -0.3 is 11.1 Å². The first-order chi connectivity index (χ1) is 8.77. The van der Waals surface area contributed by atoms with Crippen LogP contribution in [0.1, 0.15) is 31.6 Å². The summed E-state index contributed by atoms with van der Waals surface area (Å²) < 4.78 is 23.4. The molecular weight excluding hydrogens is 282 g/mol. The number of hydrogen-bond donors (Lipinski definition) is 2. The van der Waals surface area contributed by atoms with Crippen LogP contribution >= 0.6 is 11.3 Å². The van der Waals surface area contributed by atoms with Crippen LogP contribution in [0.15, 0.2) is 4.90 Å². The minimum atomic E-state index is -3.44.